The van der Waals surface area contributed by atoms with Crippen molar-refractivity contribution >= 4 is 41.0 Å². The number of halogens is 1. The monoisotopic (exact) mass is 471 g/mol. The molecule has 26 heavy (non-hydrogen) atoms. The number of hydrogen-bond acceptors (Lipinski definition) is 3. The van der Waals surface area contributed by atoms with E-state index >= 15 is 0 Å². The van der Waals surface area contributed by atoms with E-state index in [1.807, 2.05) is 25.5 Å². The van der Waals surface area contributed by atoms with E-state index in [2.05, 4.69) is 37.3 Å². The fraction of sp³-hybridized carbons (Fsp3) is 0.579. The third-order valence-electron chi connectivity index (χ3n) is 4.43. The van der Waals surface area contributed by atoms with E-state index in [-0.39, 0.29) is 24.0 Å². The van der Waals surface area contributed by atoms with Crippen LogP contribution in [-0.4, -0.2) is 48.9 Å². The lowest BCUT2D eigenvalue weighted by Gasteiger charge is -2.12. The van der Waals surface area contributed by atoms with Gasteiger partial charge >= 0.3 is 0 Å². The molecule has 1 aliphatic rings. The van der Waals surface area contributed by atoms with Crippen LogP contribution in [0.1, 0.15) is 25.7 Å². The summed E-state index contributed by atoms with van der Waals surface area (Å²) < 4.78 is 7.84. The SMILES string of the molecule is CN=C(NCCCOCC1CC1)NCCCn1cnc2ccccc21.I. The van der Waals surface area contributed by atoms with Gasteiger partial charge in [-0.05, 0) is 43.7 Å². The van der Waals surface area contributed by atoms with Gasteiger partial charge in [-0.2, -0.15) is 0 Å². The number of benzene rings is 1. The third-order valence-corrected chi connectivity index (χ3v) is 4.43. The molecular weight excluding hydrogens is 441 g/mol. The van der Waals surface area contributed by atoms with E-state index in [0.29, 0.717) is 0 Å². The standard InChI is InChI=1S/C19H29N5O.HI/c1-20-19(22-11-5-13-25-14-16-8-9-16)21-10-4-12-24-15-23-17-6-2-3-7-18(17)24;/h2-3,6-7,15-16H,4-5,8-14H2,1H3,(H2,20,21,22);1H. The lowest BCUT2D eigenvalue weighted by atomic mass is 10.3. The summed E-state index contributed by atoms with van der Waals surface area (Å²) in [5.74, 6) is 1.70. The zero-order valence-corrected chi connectivity index (χ0v) is 17.8. The van der Waals surface area contributed by atoms with Crippen molar-refractivity contribution in [2.75, 3.05) is 33.4 Å². The molecular formula is C19H30IN5O. The van der Waals surface area contributed by atoms with Crippen LogP contribution in [0, 0.1) is 5.92 Å². The lowest BCUT2D eigenvalue weighted by molar-refractivity contribution is 0.123. The van der Waals surface area contributed by atoms with Crippen LogP contribution < -0.4 is 10.6 Å². The smallest absolute Gasteiger partial charge is 0.190 e. The summed E-state index contributed by atoms with van der Waals surface area (Å²) in [6, 6.07) is 8.23. The predicted octanol–water partition coefficient (Wildman–Crippen LogP) is 3.03. The van der Waals surface area contributed by atoms with Gasteiger partial charge in [-0.15, -0.1) is 24.0 Å². The molecule has 1 saturated carbocycles. The van der Waals surface area contributed by atoms with E-state index in [4.69, 9.17) is 4.74 Å². The Balaban J connectivity index is 0.00000243. The van der Waals surface area contributed by atoms with E-state index in [9.17, 15) is 0 Å². The van der Waals surface area contributed by atoms with E-state index in [1.165, 1.54) is 18.4 Å². The summed E-state index contributed by atoms with van der Waals surface area (Å²) in [6.07, 6.45) is 6.65. The minimum atomic E-state index is 0. The Labute approximate surface area is 172 Å². The lowest BCUT2D eigenvalue weighted by Crippen LogP contribution is -2.38. The van der Waals surface area contributed by atoms with Gasteiger partial charge < -0.3 is 19.9 Å². The van der Waals surface area contributed by atoms with Crippen LogP contribution in [0.25, 0.3) is 11.0 Å². The summed E-state index contributed by atoms with van der Waals surface area (Å²) >= 11 is 0. The zero-order chi connectivity index (χ0) is 17.3. The largest absolute Gasteiger partial charge is 0.381 e. The van der Waals surface area contributed by atoms with Gasteiger partial charge in [-0.1, -0.05) is 12.1 Å². The van der Waals surface area contributed by atoms with Crippen LogP contribution in [-0.2, 0) is 11.3 Å². The van der Waals surface area contributed by atoms with Gasteiger partial charge in [0.2, 0.25) is 0 Å². The summed E-state index contributed by atoms with van der Waals surface area (Å²) in [7, 11) is 1.81. The van der Waals surface area contributed by atoms with Gasteiger partial charge in [0.15, 0.2) is 5.96 Å². The van der Waals surface area contributed by atoms with Crippen molar-refractivity contribution in [3.8, 4) is 0 Å². The van der Waals surface area contributed by atoms with Gasteiger partial charge in [0.25, 0.3) is 0 Å². The Morgan fingerprint density at radius 1 is 1.23 bits per heavy atom. The van der Waals surface area contributed by atoms with E-state index in [1.54, 1.807) is 0 Å². The molecule has 1 aromatic heterocycles. The maximum atomic E-state index is 5.64. The Hall–Kier alpha value is -1.35. The molecule has 0 bridgehead atoms. The van der Waals surface area contributed by atoms with E-state index < -0.39 is 0 Å². The van der Waals surface area contributed by atoms with Crippen molar-refractivity contribution in [3.05, 3.63) is 30.6 Å². The first-order valence-corrected chi connectivity index (χ1v) is 9.29. The number of aliphatic imine (C=N–C) groups is 1. The molecule has 1 fully saturated rings. The van der Waals surface area contributed by atoms with Crippen molar-refractivity contribution in [1.29, 1.82) is 0 Å². The molecule has 144 valence electrons. The number of fused-ring (bicyclic) bond motifs is 1. The fourth-order valence-corrected chi connectivity index (χ4v) is 2.78. The van der Waals surface area contributed by atoms with Crippen LogP contribution in [0.5, 0.6) is 0 Å². The summed E-state index contributed by atoms with van der Waals surface area (Å²) in [5, 5.41) is 6.70. The van der Waals surface area contributed by atoms with Gasteiger partial charge in [0, 0.05) is 39.9 Å². The highest BCUT2D eigenvalue weighted by Crippen LogP contribution is 2.28. The molecule has 0 aliphatic heterocycles. The first kappa shape index (κ1) is 21.0. The Morgan fingerprint density at radius 2 is 2.00 bits per heavy atom. The molecule has 1 aliphatic carbocycles. The molecule has 3 rings (SSSR count). The summed E-state index contributed by atoms with van der Waals surface area (Å²) in [5.41, 5.74) is 2.24. The van der Waals surface area contributed by atoms with Gasteiger partial charge in [0.1, 0.15) is 0 Å². The Morgan fingerprint density at radius 3 is 2.77 bits per heavy atom. The molecule has 6 nitrogen and oxygen atoms in total. The number of aryl methyl sites for hydroxylation is 1. The maximum Gasteiger partial charge on any atom is 0.190 e. The topological polar surface area (TPSA) is 63.5 Å². The molecule has 7 heteroatoms. The average molecular weight is 471 g/mol. The number of hydrogen-bond donors (Lipinski definition) is 2. The maximum absolute atomic E-state index is 5.64. The Kier molecular flexibility index (Phi) is 9.17. The van der Waals surface area contributed by atoms with Gasteiger partial charge in [-0.25, -0.2) is 4.98 Å². The quantitative estimate of drug-likeness (QED) is 0.242. The highest BCUT2D eigenvalue weighted by Gasteiger charge is 2.20. The minimum Gasteiger partial charge on any atom is -0.381 e. The molecule has 2 aromatic rings. The average Bonchev–Trinajstić information content (AvgIpc) is 3.38. The zero-order valence-electron chi connectivity index (χ0n) is 15.5. The first-order valence-electron chi connectivity index (χ1n) is 9.29. The van der Waals surface area contributed by atoms with Crippen LogP contribution in [0.3, 0.4) is 0 Å². The van der Waals surface area contributed by atoms with Crippen LogP contribution in [0.2, 0.25) is 0 Å². The second-order valence-electron chi connectivity index (χ2n) is 6.58. The molecule has 0 amide bonds. The highest BCUT2D eigenvalue weighted by molar-refractivity contribution is 14.0. The molecule has 0 atom stereocenters. The third kappa shape index (κ3) is 6.75. The first-order chi connectivity index (χ1) is 12.4. The molecule has 0 spiro atoms. The predicted molar refractivity (Wildman–Crippen MR) is 117 cm³/mol. The second-order valence-corrected chi connectivity index (χ2v) is 6.58. The number of nitrogens with zero attached hydrogens (tertiary/aromatic N) is 3. The number of ether oxygens (including phenoxy) is 1. The second kappa shape index (κ2) is 11.4. The van der Waals surface area contributed by atoms with E-state index in [0.717, 1.165) is 63.1 Å². The number of nitrogens with one attached hydrogen (secondary N) is 2. The minimum absolute atomic E-state index is 0. The van der Waals surface area contributed by atoms with Gasteiger partial charge in [0.05, 0.1) is 17.4 Å². The highest BCUT2D eigenvalue weighted by atomic mass is 127. The summed E-state index contributed by atoms with van der Waals surface area (Å²) in [6.45, 7) is 4.48. The molecule has 1 heterocycles. The molecule has 0 unspecified atom stereocenters. The summed E-state index contributed by atoms with van der Waals surface area (Å²) in [4.78, 5) is 8.69. The number of aromatic nitrogens is 2. The Bertz CT molecular complexity index is 683. The number of rotatable bonds is 10. The van der Waals surface area contributed by atoms with Crippen LogP contribution in [0.4, 0.5) is 0 Å². The van der Waals surface area contributed by atoms with Crippen LogP contribution >= 0.6 is 24.0 Å². The number of para-hydroxylation sites is 2. The van der Waals surface area contributed by atoms with Crippen molar-refractivity contribution in [1.82, 2.24) is 20.2 Å². The molecule has 2 N–H and O–H groups in total. The van der Waals surface area contributed by atoms with Crippen molar-refractivity contribution < 1.29 is 4.74 Å². The molecule has 0 saturated heterocycles. The fourth-order valence-electron chi connectivity index (χ4n) is 2.78. The number of imidazole rings is 1. The molecule has 0 radical (unpaired) electrons. The van der Waals surface area contributed by atoms with Crippen molar-refractivity contribution in [2.45, 2.75) is 32.2 Å². The normalized spacial score (nSPS) is 14.3. The van der Waals surface area contributed by atoms with Gasteiger partial charge in [-0.3, -0.25) is 4.99 Å². The number of guanidine groups is 1. The van der Waals surface area contributed by atoms with Crippen molar-refractivity contribution in [2.24, 2.45) is 10.9 Å². The van der Waals surface area contributed by atoms with Crippen LogP contribution in [0.15, 0.2) is 35.6 Å². The molecule has 1 aromatic carbocycles. The van der Waals surface area contributed by atoms with Crippen molar-refractivity contribution in [3.63, 3.8) is 0 Å².